The highest BCUT2D eigenvalue weighted by Crippen LogP contribution is 2.26. The maximum Gasteiger partial charge on any atom is 0.254 e. The number of amides is 3. The summed E-state index contributed by atoms with van der Waals surface area (Å²) in [4.78, 5) is 41.6. The molecule has 3 amide bonds. The second kappa shape index (κ2) is 9.14. The Kier molecular flexibility index (Phi) is 6.78. The van der Waals surface area contributed by atoms with Gasteiger partial charge in [0.15, 0.2) is 0 Å². The molecule has 1 unspecified atom stereocenters. The van der Waals surface area contributed by atoms with Gasteiger partial charge in [0.05, 0.1) is 5.56 Å². The van der Waals surface area contributed by atoms with Gasteiger partial charge in [0.1, 0.15) is 11.9 Å². The first-order valence-electron chi connectivity index (χ1n) is 10.8. The monoisotopic (exact) mass is 417 g/mol. The van der Waals surface area contributed by atoms with E-state index in [9.17, 15) is 18.8 Å². The third kappa shape index (κ3) is 5.37. The second-order valence-corrected chi connectivity index (χ2v) is 9.54. The van der Waals surface area contributed by atoms with Crippen LogP contribution in [0.25, 0.3) is 0 Å². The third-order valence-electron chi connectivity index (χ3n) is 5.80. The standard InChI is InChI=1S/C23H32FN3O3/c1-23(2,3)15-20(28)27-12-6-9-19(27)22(30)26-13-10-16(11-14-26)25-21(29)17-7-4-5-8-18(17)24/h4-5,7-8,16,19H,6,9-15H2,1-3H3,(H,25,29). The Morgan fingerprint density at radius 1 is 1.07 bits per heavy atom. The molecule has 0 spiro atoms. The van der Waals surface area contributed by atoms with Crippen LogP contribution in [0.4, 0.5) is 4.39 Å². The molecule has 0 radical (unpaired) electrons. The Morgan fingerprint density at radius 2 is 1.73 bits per heavy atom. The largest absolute Gasteiger partial charge is 0.349 e. The van der Waals surface area contributed by atoms with Gasteiger partial charge in [0, 0.05) is 32.1 Å². The molecule has 30 heavy (non-hydrogen) atoms. The van der Waals surface area contributed by atoms with E-state index < -0.39 is 11.7 Å². The van der Waals surface area contributed by atoms with E-state index in [1.54, 1.807) is 21.9 Å². The van der Waals surface area contributed by atoms with Crippen LogP contribution in [0.1, 0.15) is 63.2 Å². The zero-order chi connectivity index (χ0) is 21.9. The first kappa shape index (κ1) is 22.2. The maximum absolute atomic E-state index is 13.8. The highest BCUT2D eigenvalue weighted by molar-refractivity contribution is 5.94. The van der Waals surface area contributed by atoms with E-state index in [4.69, 9.17) is 0 Å². The molecule has 7 heteroatoms. The van der Waals surface area contributed by atoms with Crippen LogP contribution in [0, 0.1) is 11.2 Å². The zero-order valence-electron chi connectivity index (χ0n) is 18.1. The van der Waals surface area contributed by atoms with Crippen LogP contribution in [0.2, 0.25) is 0 Å². The van der Waals surface area contributed by atoms with Crippen molar-refractivity contribution < 1.29 is 18.8 Å². The van der Waals surface area contributed by atoms with Crippen LogP contribution in [0.3, 0.4) is 0 Å². The molecular weight excluding hydrogens is 385 g/mol. The van der Waals surface area contributed by atoms with Gasteiger partial charge in [-0.25, -0.2) is 4.39 Å². The number of benzene rings is 1. The van der Waals surface area contributed by atoms with Crippen molar-refractivity contribution in [1.29, 1.82) is 0 Å². The number of nitrogens with zero attached hydrogens (tertiary/aromatic N) is 2. The van der Waals surface area contributed by atoms with Crippen LogP contribution >= 0.6 is 0 Å². The fourth-order valence-electron chi connectivity index (χ4n) is 4.24. The fraction of sp³-hybridized carbons (Fsp3) is 0.609. The van der Waals surface area contributed by atoms with E-state index in [-0.39, 0.29) is 34.9 Å². The molecule has 2 fully saturated rings. The molecule has 164 valence electrons. The summed E-state index contributed by atoms with van der Waals surface area (Å²) in [5.74, 6) is -0.907. The van der Waals surface area contributed by atoms with E-state index in [1.807, 2.05) is 20.8 Å². The first-order chi connectivity index (χ1) is 14.2. The van der Waals surface area contributed by atoms with Crippen LogP contribution in [0.15, 0.2) is 24.3 Å². The van der Waals surface area contributed by atoms with Gasteiger partial charge in [0.2, 0.25) is 11.8 Å². The molecule has 2 aliphatic heterocycles. The van der Waals surface area contributed by atoms with Crippen molar-refractivity contribution >= 4 is 17.7 Å². The van der Waals surface area contributed by atoms with Gasteiger partial charge in [-0.1, -0.05) is 32.9 Å². The maximum atomic E-state index is 13.8. The molecule has 0 bridgehead atoms. The molecular formula is C23H32FN3O3. The average Bonchev–Trinajstić information content (AvgIpc) is 3.17. The van der Waals surface area contributed by atoms with E-state index in [1.165, 1.54) is 12.1 Å². The van der Waals surface area contributed by atoms with Crippen molar-refractivity contribution in [2.24, 2.45) is 5.41 Å². The minimum atomic E-state index is -0.538. The Balaban J connectivity index is 1.53. The third-order valence-corrected chi connectivity index (χ3v) is 5.80. The smallest absolute Gasteiger partial charge is 0.254 e. The van der Waals surface area contributed by atoms with Gasteiger partial charge in [-0.05, 0) is 43.2 Å². The minimum absolute atomic E-state index is 0.00800. The van der Waals surface area contributed by atoms with E-state index in [0.717, 1.165) is 6.42 Å². The van der Waals surface area contributed by atoms with Gasteiger partial charge in [-0.3, -0.25) is 14.4 Å². The van der Waals surface area contributed by atoms with Crippen LogP contribution in [0.5, 0.6) is 0 Å². The number of halogens is 1. The summed E-state index contributed by atoms with van der Waals surface area (Å²) in [7, 11) is 0. The molecule has 2 heterocycles. The molecule has 0 aromatic heterocycles. The van der Waals surface area contributed by atoms with Gasteiger partial charge in [-0.15, -0.1) is 0 Å². The number of likely N-dealkylation sites (tertiary alicyclic amines) is 2. The normalized spacial score (nSPS) is 20.3. The van der Waals surface area contributed by atoms with Gasteiger partial charge in [-0.2, -0.15) is 0 Å². The van der Waals surface area contributed by atoms with Gasteiger partial charge >= 0.3 is 0 Å². The first-order valence-corrected chi connectivity index (χ1v) is 10.8. The predicted molar refractivity (Wildman–Crippen MR) is 112 cm³/mol. The van der Waals surface area contributed by atoms with E-state index in [2.05, 4.69) is 5.32 Å². The fourth-order valence-corrected chi connectivity index (χ4v) is 4.24. The lowest BCUT2D eigenvalue weighted by Gasteiger charge is -2.36. The lowest BCUT2D eigenvalue weighted by molar-refractivity contribution is -0.145. The number of hydrogen-bond acceptors (Lipinski definition) is 3. The number of hydrogen-bond donors (Lipinski definition) is 1. The molecule has 2 saturated heterocycles. The minimum Gasteiger partial charge on any atom is -0.349 e. The molecule has 6 nitrogen and oxygen atoms in total. The van der Waals surface area contributed by atoms with Gasteiger partial charge in [0.25, 0.3) is 5.91 Å². The molecule has 0 saturated carbocycles. The SMILES string of the molecule is CC(C)(C)CC(=O)N1CCCC1C(=O)N1CCC(NC(=O)c2ccccc2F)CC1. The number of piperidine rings is 1. The van der Waals surface area contributed by atoms with Crippen molar-refractivity contribution in [3.63, 3.8) is 0 Å². The molecule has 1 N–H and O–H groups in total. The van der Waals surface area contributed by atoms with E-state index in [0.29, 0.717) is 45.3 Å². The molecule has 1 aromatic carbocycles. The van der Waals surface area contributed by atoms with Crippen molar-refractivity contribution in [3.05, 3.63) is 35.6 Å². The number of carbonyl (C=O) groups is 3. The summed E-state index contributed by atoms with van der Waals surface area (Å²) >= 11 is 0. The summed E-state index contributed by atoms with van der Waals surface area (Å²) < 4.78 is 13.8. The lowest BCUT2D eigenvalue weighted by Crippen LogP contribution is -2.52. The quantitative estimate of drug-likeness (QED) is 0.819. The Labute approximate surface area is 177 Å². The number of rotatable bonds is 4. The summed E-state index contributed by atoms with van der Waals surface area (Å²) in [6.07, 6.45) is 3.23. The van der Waals surface area contributed by atoms with Gasteiger partial charge < -0.3 is 15.1 Å². The lowest BCUT2D eigenvalue weighted by atomic mass is 9.91. The molecule has 2 aliphatic rings. The van der Waals surface area contributed by atoms with Crippen molar-refractivity contribution in [1.82, 2.24) is 15.1 Å². The number of nitrogens with one attached hydrogen (secondary N) is 1. The summed E-state index contributed by atoms with van der Waals surface area (Å²) in [6, 6.07) is 5.45. The van der Waals surface area contributed by atoms with Crippen LogP contribution < -0.4 is 5.32 Å². The highest BCUT2D eigenvalue weighted by Gasteiger charge is 2.38. The van der Waals surface area contributed by atoms with Crippen LogP contribution in [-0.2, 0) is 9.59 Å². The topological polar surface area (TPSA) is 69.7 Å². The molecule has 1 aromatic rings. The second-order valence-electron chi connectivity index (χ2n) is 9.54. The van der Waals surface area contributed by atoms with Crippen LogP contribution in [-0.4, -0.2) is 59.2 Å². The summed E-state index contributed by atoms with van der Waals surface area (Å²) in [5.41, 5.74) is -0.0721. The molecule has 3 rings (SSSR count). The van der Waals surface area contributed by atoms with Crippen molar-refractivity contribution in [2.45, 2.75) is 65.0 Å². The highest BCUT2D eigenvalue weighted by atomic mass is 19.1. The Hall–Kier alpha value is -2.44. The summed E-state index contributed by atoms with van der Waals surface area (Å²) in [6.45, 7) is 7.77. The predicted octanol–water partition coefficient (Wildman–Crippen LogP) is 2.97. The van der Waals surface area contributed by atoms with Crippen molar-refractivity contribution in [2.75, 3.05) is 19.6 Å². The summed E-state index contributed by atoms with van der Waals surface area (Å²) in [5, 5.41) is 2.88. The molecule has 1 atom stereocenters. The number of carbonyl (C=O) groups excluding carboxylic acids is 3. The Bertz CT molecular complexity index is 797. The van der Waals surface area contributed by atoms with Crippen molar-refractivity contribution in [3.8, 4) is 0 Å². The zero-order valence-corrected chi connectivity index (χ0v) is 18.1. The Morgan fingerprint density at radius 3 is 2.37 bits per heavy atom. The average molecular weight is 418 g/mol. The molecule has 0 aliphatic carbocycles. The van der Waals surface area contributed by atoms with E-state index >= 15 is 0 Å².